The molecule has 0 aliphatic carbocycles. The summed E-state index contributed by atoms with van der Waals surface area (Å²) >= 11 is 0. The van der Waals surface area contributed by atoms with E-state index >= 15 is 0 Å². The Morgan fingerprint density at radius 1 is 1.19 bits per heavy atom. The number of carbonyl (C=O) groups is 1. The fraction of sp³-hybridized carbons (Fsp3) is 0.421. The minimum atomic E-state index is -0.252. The van der Waals surface area contributed by atoms with Gasteiger partial charge in [-0.05, 0) is 44.0 Å². The van der Waals surface area contributed by atoms with Crippen molar-refractivity contribution in [2.75, 3.05) is 48.3 Å². The van der Waals surface area contributed by atoms with E-state index in [1.807, 2.05) is 37.3 Å². The van der Waals surface area contributed by atoms with Crippen molar-refractivity contribution < 1.29 is 9.53 Å². The summed E-state index contributed by atoms with van der Waals surface area (Å²) in [6.07, 6.45) is 4.23. The highest BCUT2D eigenvalue weighted by molar-refractivity contribution is 5.89. The summed E-state index contributed by atoms with van der Waals surface area (Å²) in [6.45, 7) is 5.72. The molecule has 2 heterocycles. The number of ether oxygens (including phenoxy) is 1. The summed E-state index contributed by atoms with van der Waals surface area (Å²) < 4.78 is 5.38. The van der Waals surface area contributed by atoms with Crippen LogP contribution in [0.2, 0.25) is 0 Å². The van der Waals surface area contributed by atoms with Crippen LogP contribution in [0.1, 0.15) is 19.8 Å². The molecule has 0 radical (unpaired) electrons. The number of benzene rings is 1. The molecular formula is C19H26N6O2. The van der Waals surface area contributed by atoms with E-state index in [0.717, 1.165) is 24.5 Å². The maximum Gasteiger partial charge on any atom is 0.319 e. The average Bonchev–Trinajstić information content (AvgIpc) is 3.22. The first kappa shape index (κ1) is 18.8. The van der Waals surface area contributed by atoms with Gasteiger partial charge in [-0.25, -0.2) is 4.79 Å². The molecule has 1 fully saturated rings. The predicted octanol–water partition coefficient (Wildman–Crippen LogP) is 2.71. The Bertz CT molecular complexity index is 731. The summed E-state index contributed by atoms with van der Waals surface area (Å²) in [4.78, 5) is 14.3. The molecule has 1 aromatic carbocycles. The maximum atomic E-state index is 11.9. The topological polar surface area (TPSA) is 91.4 Å². The molecule has 1 aromatic heterocycles. The van der Waals surface area contributed by atoms with Crippen LogP contribution in [0.5, 0.6) is 5.75 Å². The summed E-state index contributed by atoms with van der Waals surface area (Å²) in [5.41, 5.74) is 1.80. The summed E-state index contributed by atoms with van der Waals surface area (Å²) in [5.74, 6) is 1.50. The standard InChI is InChI=1S/C19H26N6O2/c1-2-27-17-7-5-15(6-8-17)23-19(26)21-10-9-20-18-13-16(14-22-24-18)25-11-3-4-12-25/h5-8,13-14H,2-4,9-12H2,1H3,(H,20,24)(H2,21,23,26). The Kier molecular flexibility index (Phi) is 6.67. The van der Waals surface area contributed by atoms with Crippen molar-refractivity contribution in [2.45, 2.75) is 19.8 Å². The first-order valence-electron chi connectivity index (χ1n) is 9.34. The Hall–Kier alpha value is -3.03. The summed E-state index contributed by atoms with van der Waals surface area (Å²) in [7, 11) is 0. The van der Waals surface area contributed by atoms with E-state index in [2.05, 4.69) is 31.0 Å². The number of anilines is 3. The maximum absolute atomic E-state index is 11.9. The quantitative estimate of drug-likeness (QED) is 0.619. The van der Waals surface area contributed by atoms with Crippen LogP contribution in [0.3, 0.4) is 0 Å². The predicted molar refractivity (Wildman–Crippen MR) is 107 cm³/mol. The number of hydrogen-bond donors (Lipinski definition) is 3. The fourth-order valence-electron chi connectivity index (χ4n) is 2.93. The van der Waals surface area contributed by atoms with Crippen molar-refractivity contribution >= 4 is 23.2 Å². The van der Waals surface area contributed by atoms with Crippen LogP contribution in [0.4, 0.5) is 22.0 Å². The lowest BCUT2D eigenvalue weighted by atomic mass is 10.3. The molecule has 3 rings (SSSR count). The third-order valence-corrected chi connectivity index (χ3v) is 4.25. The lowest BCUT2D eigenvalue weighted by Crippen LogP contribution is -2.32. The number of amides is 2. The number of carbonyl (C=O) groups excluding carboxylic acids is 1. The third-order valence-electron chi connectivity index (χ3n) is 4.25. The van der Waals surface area contributed by atoms with Crippen LogP contribution in [0.25, 0.3) is 0 Å². The Morgan fingerprint density at radius 2 is 1.96 bits per heavy atom. The number of rotatable bonds is 8. The van der Waals surface area contributed by atoms with Gasteiger partial charge < -0.3 is 25.6 Å². The molecule has 0 bridgehead atoms. The van der Waals surface area contributed by atoms with Gasteiger partial charge >= 0.3 is 6.03 Å². The number of urea groups is 1. The molecule has 1 aliphatic rings. The van der Waals surface area contributed by atoms with Crippen LogP contribution >= 0.6 is 0 Å². The summed E-state index contributed by atoms with van der Waals surface area (Å²) in [6, 6.07) is 9.01. The van der Waals surface area contributed by atoms with Crippen LogP contribution in [-0.4, -0.2) is 49.0 Å². The van der Waals surface area contributed by atoms with Crippen molar-refractivity contribution in [3.05, 3.63) is 36.5 Å². The SMILES string of the molecule is CCOc1ccc(NC(=O)NCCNc2cc(N3CCCC3)cnn2)cc1. The molecular weight excluding hydrogens is 344 g/mol. The molecule has 27 heavy (non-hydrogen) atoms. The molecule has 3 N–H and O–H groups in total. The van der Waals surface area contributed by atoms with Gasteiger partial charge in [0.2, 0.25) is 0 Å². The Labute approximate surface area is 159 Å². The number of nitrogens with one attached hydrogen (secondary N) is 3. The second kappa shape index (κ2) is 9.61. The normalized spacial score (nSPS) is 13.3. The van der Waals surface area contributed by atoms with Gasteiger partial charge in [0.1, 0.15) is 5.75 Å². The molecule has 144 valence electrons. The second-order valence-electron chi connectivity index (χ2n) is 6.26. The van der Waals surface area contributed by atoms with Crippen molar-refractivity contribution in [1.29, 1.82) is 0 Å². The van der Waals surface area contributed by atoms with Gasteiger partial charge in [-0.15, -0.1) is 5.10 Å². The molecule has 2 aromatic rings. The van der Waals surface area contributed by atoms with E-state index in [0.29, 0.717) is 31.2 Å². The van der Waals surface area contributed by atoms with E-state index in [9.17, 15) is 4.79 Å². The Balaban J connectivity index is 1.38. The molecule has 8 heteroatoms. The molecule has 0 atom stereocenters. The van der Waals surface area contributed by atoms with Gasteiger partial charge in [0.05, 0.1) is 18.5 Å². The molecule has 1 aliphatic heterocycles. The van der Waals surface area contributed by atoms with E-state index in [1.165, 1.54) is 12.8 Å². The lowest BCUT2D eigenvalue weighted by molar-refractivity contribution is 0.252. The van der Waals surface area contributed by atoms with Crippen LogP contribution in [0.15, 0.2) is 36.5 Å². The van der Waals surface area contributed by atoms with Crippen molar-refractivity contribution in [3.8, 4) is 5.75 Å². The highest BCUT2D eigenvalue weighted by Crippen LogP contribution is 2.20. The number of nitrogens with zero attached hydrogens (tertiary/aromatic N) is 3. The minimum absolute atomic E-state index is 0.252. The van der Waals surface area contributed by atoms with Crippen molar-refractivity contribution in [3.63, 3.8) is 0 Å². The third kappa shape index (κ3) is 5.73. The number of aromatic nitrogens is 2. The lowest BCUT2D eigenvalue weighted by Gasteiger charge is -2.17. The van der Waals surface area contributed by atoms with Crippen LogP contribution < -0.4 is 25.6 Å². The molecule has 2 amide bonds. The minimum Gasteiger partial charge on any atom is -0.494 e. The Morgan fingerprint density at radius 3 is 2.70 bits per heavy atom. The molecule has 0 unspecified atom stereocenters. The summed E-state index contributed by atoms with van der Waals surface area (Å²) in [5, 5.41) is 16.9. The van der Waals surface area contributed by atoms with Crippen molar-refractivity contribution in [2.24, 2.45) is 0 Å². The van der Waals surface area contributed by atoms with Gasteiger partial charge in [-0.2, -0.15) is 5.10 Å². The van der Waals surface area contributed by atoms with Crippen LogP contribution in [-0.2, 0) is 0 Å². The monoisotopic (exact) mass is 370 g/mol. The zero-order valence-electron chi connectivity index (χ0n) is 15.6. The smallest absolute Gasteiger partial charge is 0.319 e. The first-order valence-corrected chi connectivity index (χ1v) is 9.34. The van der Waals surface area contributed by atoms with E-state index < -0.39 is 0 Å². The molecule has 8 nitrogen and oxygen atoms in total. The van der Waals surface area contributed by atoms with Gasteiger partial charge in [0, 0.05) is 37.9 Å². The van der Waals surface area contributed by atoms with Crippen LogP contribution in [0, 0.1) is 0 Å². The highest BCUT2D eigenvalue weighted by Gasteiger charge is 2.13. The van der Waals surface area contributed by atoms with E-state index in [4.69, 9.17) is 4.74 Å². The van der Waals surface area contributed by atoms with Gasteiger partial charge in [0.25, 0.3) is 0 Å². The highest BCUT2D eigenvalue weighted by atomic mass is 16.5. The zero-order chi connectivity index (χ0) is 18.9. The molecule has 0 spiro atoms. The van der Waals surface area contributed by atoms with E-state index in [1.54, 1.807) is 6.20 Å². The second-order valence-corrected chi connectivity index (χ2v) is 6.26. The molecule has 0 saturated carbocycles. The van der Waals surface area contributed by atoms with E-state index in [-0.39, 0.29) is 6.03 Å². The number of hydrogen-bond acceptors (Lipinski definition) is 6. The fourth-order valence-corrected chi connectivity index (χ4v) is 2.93. The average molecular weight is 370 g/mol. The zero-order valence-corrected chi connectivity index (χ0v) is 15.6. The van der Waals surface area contributed by atoms with Gasteiger partial charge in [-0.3, -0.25) is 0 Å². The van der Waals surface area contributed by atoms with Crippen molar-refractivity contribution in [1.82, 2.24) is 15.5 Å². The van der Waals surface area contributed by atoms with Gasteiger partial charge in [-0.1, -0.05) is 0 Å². The van der Waals surface area contributed by atoms with Gasteiger partial charge in [0.15, 0.2) is 5.82 Å². The largest absolute Gasteiger partial charge is 0.494 e. The first-order chi connectivity index (χ1) is 13.2. The molecule has 1 saturated heterocycles.